The van der Waals surface area contributed by atoms with Crippen LogP contribution in [0.15, 0.2) is 30.3 Å². The van der Waals surface area contributed by atoms with E-state index in [2.05, 4.69) is 47.9 Å². The van der Waals surface area contributed by atoms with Crippen molar-refractivity contribution in [3.05, 3.63) is 35.9 Å². The van der Waals surface area contributed by atoms with Crippen LogP contribution >= 0.6 is 0 Å². The summed E-state index contributed by atoms with van der Waals surface area (Å²) in [5.41, 5.74) is 1.52. The molecule has 0 radical (unpaired) electrons. The number of carbonyl (C=O) groups is 1. The van der Waals surface area contributed by atoms with E-state index in [1.807, 2.05) is 0 Å². The molecule has 2 unspecified atom stereocenters. The zero-order valence-corrected chi connectivity index (χ0v) is 17.7. The van der Waals surface area contributed by atoms with Crippen LogP contribution in [0.2, 0.25) is 0 Å². The molecule has 2 N–H and O–H groups in total. The number of benzene rings is 1. The third-order valence-corrected chi connectivity index (χ3v) is 8.56. The summed E-state index contributed by atoms with van der Waals surface area (Å²) in [7, 11) is 0. The topological polar surface area (TPSA) is 41.1 Å². The number of hydrogen-bond donors (Lipinski definition) is 2. The SMILES string of the molecule is CCC[C@]12CC3CC(C(=O)N[C@H]4CCNC[C@@H]4F)(C1)C[C@@](c1ccccc1)(C3)C2. The molecule has 1 aromatic carbocycles. The largest absolute Gasteiger partial charge is 0.350 e. The Labute approximate surface area is 174 Å². The standard InChI is InChI=1S/C25H35FN2O/c1-2-9-23-11-18-12-24(15-23,19-6-4-3-5-7-19)17-25(13-18,16-23)22(29)28-21-8-10-27-14-20(21)26/h3-7,18,20-21,27H,2,8-17H2,1H3,(H,28,29)/t18?,20-,21-,23+,24+,25?/m0/s1. The average molecular weight is 399 g/mol. The third kappa shape index (κ3) is 3.22. The van der Waals surface area contributed by atoms with Crippen molar-refractivity contribution >= 4 is 5.91 Å². The highest BCUT2D eigenvalue weighted by atomic mass is 19.1. The Bertz CT molecular complexity index is 769. The Hall–Kier alpha value is -1.42. The van der Waals surface area contributed by atoms with Crippen molar-refractivity contribution in [1.82, 2.24) is 10.6 Å². The molecule has 29 heavy (non-hydrogen) atoms. The summed E-state index contributed by atoms with van der Waals surface area (Å²) in [6, 6.07) is 10.6. The Morgan fingerprint density at radius 3 is 2.76 bits per heavy atom. The molecular formula is C25H35FN2O. The summed E-state index contributed by atoms with van der Waals surface area (Å²) in [6.07, 6.45) is 8.78. The molecule has 0 spiro atoms. The van der Waals surface area contributed by atoms with E-state index in [4.69, 9.17) is 0 Å². The average Bonchev–Trinajstić information content (AvgIpc) is 2.69. The van der Waals surface area contributed by atoms with Crippen molar-refractivity contribution in [3.8, 4) is 0 Å². The van der Waals surface area contributed by atoms with Gasteiger partial charge in [-0.25, -0.2) is 4.39 Å². The Morgan fingerprint density at radius 2 is 2.00 bits per heavy atom. The van der Waals surface area contributed by atoms with E-state index in [1.165, 1.54) is 37.7 Å². The highest BCUT2D eigenvalue weighted by molar-refractivity contribution is 5.84. The molecule has 1 aromatic rings. The first-order valence-corrected chi connectivity index (χ1v) is 11.7. The lowest BCUT2D eigenvalue weighted by molar-refractivity contribution is -0.165. The molecule has 6 atom stereocenters. The van der Waals surface area contributed by atoms with E-state index in [0.29, 0.717) is 18.9 Å². The summed E-state index contributed by atoms with van der Waals surface area (Å²) in [4.78, 5) is 13.7. The third-order valence-electron chi connectivity index (χ3n) is 8.56. The second kappa shape index (κ2) is 7.08. The van der Waals surface area contributed by atoms with Gasteiger partial charge in [-0.05, 0) is 80.2 Å². The van der Waals surface area contributed by atoms with E-state index >= 15 is 0 Å². The molecule has 4 bridgehead atoms. The first-order chi connectivity index (χ1) is 14.0. The first-order valence-electron chi connectivity index (χ1n) is 11.7. The summed E-state index contributed by atoms with van der Waals surface area (Å²) in [5.74, 6) is 0.773. The van der Waals surface area contributed by atoms with Crippen LogP contribution in [0, 0.1) is 16.7 Å². The monoisotopic (exact) mass is 398 g/mol. The predicted molar refractivity (Wildman–Crippen MR) is 113 cm³/mol. The fraction of sp³-hybridized carbons (Fsp3) is 0.720. The summed E-state index contributed by atoms with van der Waals surface area (Å²) >= 11 is 0. The number of halogens is 1. The highest BCUT2D eigenvalue weighted by Gasteiger charge is 2.65. The smallest absolute Gasteiger partial charge is 0.226 e. The van der Waals surface area contributed by atoms with Gasteiger partial charge in [0.05, 0.1) is 11.5 Å². The van der Waals surface area contributed by atoms with Crippen LogP contribution in [0.4, 0.5) is 4.39 Å². The van der Waals surface area contributed by atoms with Gasteiger partial charge in [0.2, 0.25) is 5.91 Å². The lowest BCUT2D eigenvalue weighted by Crippen LogP contribution is -2.64. The molecule has 3 nitrogen and oxygen atoms in total. The molecule has 6 rings (SSSR count). The Balaban J connectivity index is 1.48. The van der Waals surface area contributed by atoms with E-state index in [-0.39, 0.29) is 28.2 Å². The fourth-order valence-corrected chi connectivity index (χ4v) is 8.12. The zero-order chi connectivity index (χ0) is 20.1. The quantitative estimate of drug-likeness (QED) is 0.766. The number of rotatable bonds is 5. The van der Waals surface area contributed by atoms with Gasteiger partial charge in [0.15, 0.2) is 0 Å². The van der Waals surface area contributed by atoms with Crippen LogP contribution in [-0.2, 0) is 10.2 Å². The molecule has 1 heterocycles. The maximum Gasteiger partial charge on any atom is 0.226 e. The van der Waals surface area contributed by atoms with Gasteiger partial charge in [-0.15, -0.1) is 0 Å². The van der Waals surface area contributed by atoms with E-state index in [1.54, 1.807) is 0 Å². The molecule has 5 aliphatic rings. The molecule has 1 aliphatic heterocycles. The van der Waals surface area contributed by atoms with Gasteiger partial charge >= 0.3 is 0 Å². The van der Waals surface area contributed by atoms with E-state index in [0.717, 1.165) is 25.8 Å². The minimum Gasteiger partial charge on any atom is -0.350 e. The van der Waals surface area contributed by atoms with Gasteiger partial charge in [-0.3, -0.25) is 4.79 Å². The minimum atomic E-state index is -0.978. The summed E-state index contributed by atoms with van der Waals surface area (Å²) in [5, 5.41) is 6.30. The number of carbonyl (C=O) groups excluding carboxylic acids is 1. The van der Waals surface area contributed by atoms with Gasteiger partial charge in [0.25, 0.3) is 0 Å². The molecule has 158 valence electrons. The lowest BCUT2D eigenvalue weighted by atomic mass is 9.37. The van der Waals surface area contributed by atoms with Gasteiger partial charge in [0, 0.05) is 6.54 Å². The Kier molecular flexibility index (Phi) is 4.77. The lowest BCUT2D eigenvalue weighted by Gasteiger charge is -2.66. The summed E-state index contributed by atoms with van der Waals surface area (Å²) in [6.45, 7) is 3.42. The van der Waals surface area contributed by atoms with Crippen molar-refractivity contribution in [2.75, 3.05) is 13.1 Å². The number of amides is 1. The van der Waals surface area contributed by atoms with Crippen LogP contribution < -0.4 is 10.6 Å². The van der Waals surface area contributed by atoms with Crippen molar-refractivity contribution < 1.29 is 9.18 Å². The highest BCUT2D eigenvalue weighted by Crippen LogP contribution is 2.71. The first kappa shape index (κ1) is 19.5. The van der Waals surface area contributed by atoms with Crippen molar-refractivity contribution in [2.24, 2.45) is 16.7 Å². The van der Waals surface area contributed by atoms with Gasteiger partial charge < -0.3 is 10.6 Å². The molecule has 0 aromatic heterocycles. The molecule has 1 amide bonds. The van der Waals surface area contributed by atoms with Crippen LogP contribution in [0.25, 0.3) is 0 Å². The van der Waals surface area contributed by atoms with Crippen molar-refractivity contribution in [3.63, 3.8) is 0 Å². The maximum atomic E-state index is 14.4. The molecule has 5 fully saturated rings. The molecule has 1 saturated heterocycles. The molecular weight excluding hydrogens is 363 g/mol. The van der Waals surface area contributed by atoms with Gasteiger partial charge in [-0.1, -0.05) is 43.7 Å². The zero-order valence-electron chi connectivity index (χ0n) is 17.7. The number of piperidine rings is 1. The molecule has 4 heteroatoms. The van der Waals surface area contributed by atoms with Gasteiger partial charge in [0.1, 0.15) is 6.17 Å². The van der Waals surface area contributed by atoms with Crippen LogP contribution in [0.3, 0.4) is 0 Å². The minimum absolute atomic E-state index is 0.121. The number of hydrogen-bond acceptors (Lipinski definition) is 2. The normalized spacial score (nSPS) is 43.3. The molecule has 4 aliphatic carbocycles. The van der Waals surface area contributed by atoms with Crippen LogP contribution in [0.5, 0.6) is 0 Å². The predicted octanol–water partition coefficient (Wildman–Crippen LogP) is 4.51. The summed E-state index contributed by atoms with van der Waals surface area (Å²) < 4.78 is 14.4. The van der Waals surface area contributed by atoms with Crippen LogP contribution in [0.1, 0.15) is 70.3 Å². The number of alkyl halides is 1. The second-order valence-electron chi connectivity index (χ2n) is 10.8. The van der Waals surface area contributed by atoms with Crippen molar-refractivity contribution in [2.45, 2.75) is 82.3 Å². The van der Waals surface area contributed by atoms with Crippen LogP contribution in [-0.4, -0.2) is 31.2 Å². The second-order valence-corrected chi connectivity index (χ2v) is 10.8. The number of nitrogens with one attached hydrogen (secondary N) is 2. The molecule has 4 saturated carbocycles. The van der Waals surface area contributed by atoms with Gasteiger partial charge in [-0.2, -0.15) is 0 Å². The van der Waals surface area contributed by atoms with E-state index in [9.17, 15) is 9.18 Å². The van der Waals surface area contributed by atoms with E-state index < -0.39 is 6.17 Å². The van der Waals surface area contributed by atoms with Crippen molar-refractivity contribution in [1.29, 1.82) is 0 Å². The Morgan fingerprint density at radius 1 is 1.17 bits per heavy atom. The maximum absolute atomic E-state index is 14.4. The fourth-order valence-electron chi connectivity index (χ4n) is 8.12.